The highest BCUT2D eigenvalue weighted by atomic mass is 35.5. The minimum Gasteiger partial charge on any atom is -0.457 e. The number of anilines is 1. The van der Waals surface area contributed by atoms with Gasteiger partial charge in [0.2, 0.25) is 0 Å². The molecule has 0 atom stereocenters. The fraction of sp³-hybridized carbons (Fsp3) is 0. The number of hydrogen-bond donors (Lipinski definition) is 1. The van der Waals surface area contributed by atoms with Gasteiger partial charge >= 0.3 is 0 Å². The largest absolute Gasteiger partial charge is 0.457 e. The van der Waals surface area contributed by atoms with E-state index in [0.29, 0.717) is 27.0 Å². The first-order chi connectivity index (χ1) is 12.5. The number of carbonyl (C=O) groups excluding carboxylic acids is 1. The minimum absolute atomic E-state index is 0.192. The van der Waals surface area contributed by atoms with Gasteiger partial charge in [-0.2, -0.15) is 5.87 Å². The molecule has 0 unspecified atom stereocenters. The molecule has 0 saturated heterocycles. The maximum Gasteiger partial charge on any atom is 0.256 e. The molecule has 0 radical (unpaired) electrons. The van der Waals surface area contributed by atoms with Gasteiger partial charge in [0.25, 0.3) is 5.91 Å². The van der Waals surface area contributed by atoms with Crippen LogP contribution >= 0.6 is 11.6 Å². The standard InChI is InChI=1S/C20H13ClNO3S/c1-26(24)15-6-2-12(3-7-15)19-9-5-14(25-19)11-17-16-10-13(21)4-8-18(16)22-20(17)23/h2-11H,1H2,(H,22,23)/q-1. The van der Waals surface area contributed by atoms with Crippen LogP contribution in [0.25, 0.3) is 23.0 Å². The van der Waals surface area contributed by atoms with Gasteiger partial charge < -0.3 is 13.9 Å². The Morgan fingerprint density at radius 3 is 2.58 bits per heavy atom. The quantitative estimate of drug-likeness (QED) is 0.400. The number of furan rings is 1. The van der Waals surface area contributed by atoms with Crippen LogP contribution in [-0.2, 0) is 19.4 Å². The molecule has 6 heteroatoms. The molecule has 0 fully saturated rings. The first-order valence-electron chi connectivity index (χ1n) is 7.76. The van der Waals surface area contributed by atoms with Crippen molar-refractivity contribution in [1.82, 2.24) is 0 Å². The van der Waals surface area contributed by atoms with Crippen molar-refractivity contribution in [2.24, 2.45) is 0 Å². The average molecular weight is 383 g/mol. The molecule has 0 spiro atoms. The number of fused-ring (bicyclic) bond motifs is 1. The molecule has 0 aliphatic carbocycles. The van der Waals surface area contributed by atoms with Gasteiger partial charge in [0.05, 0.1) is 5.57 Å². The van der Waals surface area contributed by atoms with E-state index in [1.54, 1.807) is 42.5 Å². The molecular weight excluding hydrogens is 370 g/mol. The van der Waals surface area contributed by atoms with Crippen molar-refractivity contribution < 1.29 is 13.4 Å². The Kier molecular flexibility index (Phi) is 4.18. The van der Waals surface area contributed by atoms with Crippen LogP contribution < -0.4 is 5.32 Å². The molecule has 4 nitrogen and oxygen atoms in total. The third-order valence-electron chi connectivity index (χ3n) is 4.08. The number of nitrogens with one attached hydrogen (secondary N) is 1. The topological polar surface area (TPSA) is 59.3 Å². The summed E-state index contributed by atoms with van der Waals surface area (Å²) in [4.78, 5) is 12.9. The highest BCUT2D eigenvalue weighted by Gasteiger charge is 2.24. The van der Waals surface area contributed by atoms with E-state index in [4.69, 9.17) is 16.0 Å². The molecule has 2 aromatic carbocycles. The van der Waals surface area contributed by atoms with E-state index >= 15 is 0 Å². The SMILES string of the molecule is C=[S-](=O)c1ccc(-c2ccc(C=C3C(=O)Nc4ccc(Cl)cc43)o2)cc1. The third-order valence-corrected chi connectivity index (χ3v) is 5.11. The Morgan fingerprint density at radius 1 is 1.08 bits per heavy atom. The lowest BCUT2D eigenvalue weighted by Gasteiger charge is -2.04. The number of hydrogen-bond acceptors (Lipinski definition) is 4. The second-order valence-electron chi connectivity index (χ2n) is 5.77. The summed E-state index contributed by atoms with van der Waals surface area (Å²) >= 11 is 6.04. The molecule has 26 heavy (non-hydrogen) atoms. The van der Waals surface area contributed by atoms with Gasteiger partial charge in [0, 0.05) is 21.8 Å². The lowest BCUT2D eigenvalue weighted by atomic mass is 10.1. The summed E-state index contributed by atoms with van der Waals surface area (Å²) in [6, 6.07) is 16.0. The second kappa shape index (κ2) is 6.52. The number of amides is 1. The Labute approximate surface area is 157 Å². The summed E-state index contributed by atoms with van der Waals surface area (Å²) in [5.41, 5.74) is 2.84. The smallest absolute Gasteiger partial charge is 0.256 e. The molecule has 130 valence electrons. The average Bonchev–Trinajstić information content (AvgIpc) is 3.21. The minimum atomic E-state index is -1.26. The first-order valence-corrected chi connectivity index (χ1v) is 9.46. The Bertz CT molecular complexity index is 1120. The molecular formula is C20H13ClNO3S-. The summed E-state index contributed by atoms with van der Waals surface area (Å²) in [6.07, 6.45) is 1.69. The van der Waals surface area contributed by atoms with Gasteiger partial charge in [-0.3, -0.25) is 15.2 Å². The van der Waals surface area contributed by atoms with Gasteiger partial charge in [-0.25, -0.2) is 0 Å². The zero-order chi connectivity index (χ0) is 18.3. The van der Waals surface area contributed by atoms with Crippen molar-refractivity contribution in [3.05, 3.63) is 70.9 Å². The van der Waals surface area contributed by atoms with Crippen molar-refractivity contribution >= 4 is 51.1 Å². The molecule has 0 bridgehead atoms. The summed E-state index contributed by atoms with van der Waals surface area (Å²) in [7, 11) is -1.26. The molecule has 4 rings (SSSR count). The van der Waals surface area contributed by atoms with Crippen molar-refractivity contribution in [2.75, 3.05) is 5.32 Å². The fourth-order valence-corrected chi connectivity index (χ4v) is 3.41. The normalized spacial score (nSPS) is 14.7. The van der Waals surface area contributed by atoms with Crippen LogP contribution in [0.5, 0.6) is 0 Å². The van der Waals surface area contributed by atoms with Crippen LogP contribution in [0.15, 0.2) is 63.9 Å². The van der Waals surface area contributed by atoms with Gasteiger partial charge in [-0.15, -0.1) is 4.90 Å². The molecule has 0 saturated carbocycles. The number of benzene rings is 2. The van der Waals surface area contributed by atoms with Gasteiger partial charge in [0.1, 0.15) is 11.5 Å². The van der Waals surface area contributed by atoms with Gasteiger partial charge in [0.15, 0.2) is 0 Å². The molecule has 1 N–H and O–H groups in total. The van der Waals surface area contributed by atoms with Crippen molar-refractivity contribution in [2.45, 2.75) is 4.90 Å². The summed E-state index contributed by atoms with van der Waals surface area (Å²) in [6.45, 7) is 0. The van der Waals surface area contributed by atoms with E-state index in [2.05, 4.69) is 11.2 Å². The monoisotopic (exact) mass is 382 g/mol. The number of halogens is 1. The molecule has 1 aliphatic heterocycles. The van der Waals surface area contributed by atoms with Crippen LogP contribution in [0.3, 0.4) is 0 Å². The zero-order valence-corrected chi connectivity index (χ0v) is 15.1. The van der Waals surface area contributed by atoms with Crippen LogP contribution in [0.2, 0.25) is 5.02 Å². The van der Waals surface area contributed by atoms with E-state index in [1.165, 1.54) is 0 Å². The number of carbonyl (C=O) groups is 1. The van der Waals surface area contributed by atoms with Crippen LogP contribution in [0.4, 0.5) is 5.69 Å². The third kappa shape index (κ3) is 3.07. The Balaban J connectivity index is 1.68. The van der Waals surface area contributed by atoms with Crippen molar-refractivity contribution in [3.63, 3.8) is 0 Å². The number of rotatable bonds is 3. The van der Waals surface area contributed by atoms with Crippen LogP contribution in [0.1, 0.15) is 11.3 Å². The van der Waals surface area contributed by atoms with Gasteiger partial charge in [-0.05, 0) is 36.4 Å². The maximum atomic E-state index is 12.2. The predicted octanol–water partition coefficient (Wildman–Crippen LogP) is 4.85. The first kappa shape index (κ1) is 16.7. The molecule has 1 aliphatic rings. The lowest BCUT2D eigenvalue weighted by Crippen LogP contribution is -2.03. The van der Waals surface area contributed by atoms with Gasteiger partial charge in [-0.1, -0.05) is 35.9 Å². The van der Waals surface area contributed by atoms with E-state index in [-0.39, 0.29) is 5.91 Å². The molecule has 2 heterocycles. The predicted molar refractivity (Wildman–Crippen MR) is 106 cm³/mol. The van der Waals surface area contributed by atoms with E-state index < -0.39 is 10.4 Å². The molecule has 1 amide bonds. The van der Waals surface area contributed by atoms with Crippen LogP contribution in [0, 0.1) is 0 Å². The van der Waals surface area contributed by atoms with E-state index in [1.807, 2.05) is 18.2 Å². The highest BCUT2D eigenvalue weighted by molar-refractivity contribution is 7.82. The summed E-state index contributed by atoms with van der Waals surface area (Å²) < 4.78 is 17.2. The lowest BCUT2D eigenvalue weighted by molar-refractivity contribution is -0.110. The molecule has 1 aromatic heterocycles. The van der Waals surface area contributed by atoms with E-state index in [9.17, 15) is 9.00 Å². The highest BCUT2D eigenvalue weighted by Crippen LogP contribution is 2.35. The van der Waals surface area contributed by atoms with Crippen LogP contribution in [-0.4, -0.2) is 11.8 Å². The van der Waals surface area contributed by atoms with E-state index in [0.717, 1.165) is 16.8 Å². The van der Waals surface area contributed by atoms with Crippen molar-refractivity contribution in [3.8, 4) is 11.3 Å². The Morgan fingerprint density at radius 2 is 1.85 bits per heavy atom. The maximum absolute atomic E-state index is 12.2. The summed E-state index contributed by atoms with van der Waals surface area (Å²) in [5.74, 6) is 4.52. The summed E-state index contributed by atoms with van der Waals surface area (Å²) in [5, 5.41) is 3.37. The zero-order valence-electron chi connectivity index (χ0n) is 13.5. The second-order valence-corrected chi connectivity index (χ2v) is 7.37. The Hall–Kier alpha value is -2.76. The van der Waals surface area contributed by atoms with Crippen molar-refractivity contribution in [1.29, 1.82) is 0 Å². The fourth-order valence-electron chi connectivity index (χ4n) is 2.80. The molecule has 3 aromatic rings.